The largest absolute Gasteiger partial charge is 0.469 e. The van der Waals surface area contributed by atoms with E-state index in [2.05, 4.69) is 33.1 Å². The number of nitrogens with zero attached hydrogens (tertiary/aromatic N) is 3. The molecule has 6 heteroatoms. The monoisotopic (exact) mass is 341 g/mol. The number of aromatic nitrogens is 2. The molecule has 4 rings (SSSR count). The third-order valence-corrected chi connectivity index (χ3v) is 5.44. The van der Waals surface area contributed by atoms with Crippen molar-refractivity contribution in [2.75, 3.05) is 7.11 Å². The minimum Gasteiger partial charge on any atom is -0.469 e. The van der Waals surface area contributed by atoms with Gasteiger partial charge >= 0.3 is 5.97 Å². The lowest BCUT2D eigenvalue weighted by Gasteiger charge is -2.14. The van der Waals surface area contributed by atoms with E-state index in [1.165, 1.54) is 32.8 Å². The molecule has 2 atom stereocenters. The average Bonchev–Trinajstić information content (AvgIpc) is 3.34. The Labute approximate surface area is 146 Å². The quantitative estimate of drug-likeness (QED) is 0.799. The van der Waals surface area contributed by atoms with E-state index in [9.17, 15) is 4.79 Å². The van der Waals surface area contributed by atoms with E-state index < -0.39 is 0 Å². The fourth-order valence-corrected chi connectivity index (χ4v) is 3.89. The van der Waals surface area contributed by atoms with Crippen LogP contribution in [0.4, 0.5) is 0 Å². The number of methoxy groups -OCH3 is 1. The lowest BCUT2D eigenvalue weighted by Crippen LogP contribution is -2.24. The zero-order chi connectivity index (χ0) is 17.4. The molecule has 0 radical (unpaired) electrons. The van der Waals surface area contributed by atoms with Gasteiger partial charge in [0.05, 0.1) is 37.0 Å². The Kier molecular flexibility index (Phi) is 4.19. The molecule has 1 aliphatic heterocycles. The summed E-state index contributed by atoms with van der Waals surface area (Å²) in [5.74, 6) is -0.234. The van der Waals surface area contributed by atoms with Gasteiger partial charge in [-0.15, -0.1) is 0 Å². The molecule has 2 heterocycles. The van der Waals surface area contributed by atoms with E-state index in [1.807, 2.05) is 13.1 Å². The van der Waals surface area contributed by atoms with Gasteiger partial charge < -0.3 is 9.57 Å². The third-order valence-electron chi connectivity index (χ3n) is 5.44. The van der Waals surface area contributed by atoms with Crippen LogP contribution in [0.15, 0.2) is 29.6 Å². The van der Waals surface area contributed by atoms with Gasteiger partial charge in [-0.25, -0.2) is 0 Å². The second-order valence-corrected chi connectivity index (χ2v) is 6.99. The Morgan fingerprint density at radius 2 is 2.16 bits per heavy atom. The van der Waals surface area contributed by atoms with Crippen molar-refractivity contribution >= 4 is 22.6 Å². The van der Waals surface area contributed by atoms with Crippen LogP contribution in [0.5, 0.6) is 0 Å². The zero-order valence-electron chi connectivity index (χ0n) is 14.6. The first-order chi connectivity index (χ1) is 12.2. The number of carbonyl (C=O) groups is 1. The predicted octanol–water partition coefficient (Wildman–Crippen LogP) is 3.45. The molecule has 1 aromatic heterocycles. The van der Waals surface area contributed by atoms with E-state index in [4.69, 9.17) is 9.57 Å². The number of carbonyl (C=O) groups excluding carboxylic acids is 1. The molecule has 1 aliphatic carbocycles. The van der Waals surface area contributed by atoms with Crippen LogP contribution < -0.4 is 0 Å². The Morgan fingerprint density at radius 3 is 2.92 bits per heavy atom. The third kappa shape index (κ3) is 2.90. The van der Waals surface area contributed by atoms with Gasteiger partial charge in [-0.05, 0) is 18.9 Å². The summed E-state index contributed by atoms with van der Waals surface area (Å²) in [7, 11) is 1.39. The Balaban J connectivity index is 1.61. The summed E-state index contributed by atoms with van der Waals surface area (Å²) in [6.07, 6.45) is 6.83. The smallest absolute Gasteiger partial charge is 0.309 e. The van der Waals surface area contributed by atoms with Crippen LogP contribution in [0, 0.1) is 5.92 Å². The maximum absolute atomic E-state index is 11.5. The SMILES string of the molecule is COC(=O)CC1ON=C(c2ccc3cnn(C4CCCC4)c3c2)C1C. The number of hydrogen-bond acceptors (Lipinski definition) is 5. The Hall–Kier alpha value is -2.37. The highest BCUT2D eigenvalue weighted by molar-refractivity contribution is 6.05. The first-order valence-corrected chi connectivity index (χ1v) is 8.95. The molecule has 0 N–H and O–H groups in total. The van der Waals surface area contributed by atoms with Crippen molar-refractivity contribution in [2.24, 2.45) is 11.1 Å². The second-order valence-electron chi connectivity index (χ2n) is 6.99. The fourth-order valence-electron chi connectivity index (χ4n) is 3.89. The van der Waals surface area contributed by atoms with Gasteiger partial charge in [-0.1, -0.05) is 37.1 Å². The number of ether oxygens (including phenoxy) is 1. The molecule has 2 unspecified atom stereocenters. The summed E-state index contributed by atoms with van der Waals surface area (Å²) in [6, 6.07) is 6.80. The first-order valence-electron chi connectivity index (χ1n) is 8.95. The summed E-state index contributed by atoms with van der Waals surface area (Å²) in [4.78, 5) is 17.0. The van der Waals surface area contributed by atoms with Crippen molar-refractivity contribution in [3.8, 4) is 0 Å². The molecule has 0 amide bonds. The highest BCUT2D eigenvalue weighted by Gasteiger charge is 2.33. The van der Waals surface area contributed by atoms with E-state index in [1.54, 1.807) is 0 Å². The van der Waals surface area contributed by atoms with Crippen LogP contribution in [0.25, 0.3) is 10.9 Å². The van der Waals surface area contributed by atoms with Crippen molar-refractivity contribution < 1.29 is 14.4 Å². The number of rotatable bonds is 4. The molecule has 1 fully saturated rings. The lowest BCUT2D eigenvalue weighted by molar-refractivity contribution is -0.143. The summed E-state index contributed by atoms with van der Waals surface area (Å²) in [5, 5.41) is 10.0. The van der Waals surface area contributed by atoms with Gasteiger partial charge in [0, 0.05) is 16.9 Å². The number of oxime groups is 1. The number of hydrogen-bond donors (Lipinski definition) is 0. The van der Waals surface area contributed by atoms with Gasteiger partial charge in [0.15, 0.2) is 0 Å². The van der Waals surface area contributed by atoms with Crippen LogP contribution in [0.1, 0.15) is 50.6 Å². The van der Waals surface area contributed by atoms with Gasteiger partial charge in [0.1, 0.15) is 6.10 Å². The van der Waals surface area contributed by atoms with Crippen molar-refractivity contribution in [1.82, 2.24) is 9.78 Å². The van der Waals surface area contributed by atoms with Crippen molar-refractivity contribution in [3.63, 3.8) is 0 Å². The van der Waals surface area contributed by atoms with E-state index in [-0.39, 0.29) is 24.4 Å². The number of benzene rings is 1. The van der Waals surface area contributed by atoms with E-state index in [0.29, 0.717) is 6.04 Å². The summed E-state index contributed by atoms with van der Waals surface area (Å²) >= 11 is 0. The average molecular weight is 341 g/mol. The Morgan fingerprint density at radius 1 is 1.36 bits per heavy atom. The van der Waals surface area contributed by atoms with Crippen LogP contribution >= 0.6 is 0 Å². The molecule has 0 saturated heterocycles. The number of esters is 1. The lowest BCUT2D eigenvalue weighted by atomic mass is 9.92. The molecular weight excluding hydrogens is 318 g/mol. The van der Waals surface area contributed by atoms with E-state index in [0.717, 1.165) is 22.2 Å². The Bertz CT molecular complexity index is 820. The molecule has 0 bridgehead atoms. The molecular formula is C19H23N3O3. The maximum atomic E-state index is 11.5. The molecule has 1 aromatic carbocycles. The zero-order valence-corrected chi connectivity index (χ0v) is 14.6. The highest BCUT2D eigenvalue weighted by atomic mass is 16.6. The fraction of sp³-hybridized carbons (Fsp3) is 0.526. The molecule has 2 aliphatic rings. The van der Waals surface area contributed by atoms with Gasteiger partial charge in [-0.2, -0.15) is 5.10 Å². The maximum Gasteiger partial charge on any atom is 0.309 e. The van der Waals surface area contributed by atoms with Gasteiger partial charge in [0.25, 0.3) is 0 Å². The van der Waals surface area contributed by atoms with Crippen molar-refractivity contribution in [1.29, 1.82) is 0 Å². The van der Waals surface area contributed by atoms with Crippen LogP contribution in [0.2, 0.25) is 0 Å². The molecule has 6 nitrogen and oxygen atoms in total. The highest BCUT2D eigenvalue weighted by Crippen LogP contribution is 2.33. The summed E-state index contributed by atoms with van der Waals surface area (Å²) in [6.45, 7) is 2.04. The van der Waals surface area contributed by atoms with Gasteiger partial charge in [0.2, 0.25) is 0 Å². The molecule has 132 valence electrons. The molecule has 1 saturated carbocycles. The minimum absolute atomic E-state index is 0.0411. The van der Waals surface area contributed by atoms with Gasteiger partial charge in [-0.3, -0.25) is 9.48 Å². The molecule has 2 aromatic rings. The molecule has 0 spiro atoms. The summed E-state index contributed by atoms with van der Waals surface area (Å²) < 4.78 is 6.91. The topological polar surface area (TPSA) is 65.7 Å². The van der Waals surface area contributed by atoms with Crippen LogP contribution in [-0.4, -0.2) is 34.7 Å². The number of fused-ring (bicyclic) bond motifs is 1. The van der Waals surface area contributed by atoms with E-state index >= 15 is 0 Å². The molecule has 25 heavy (non-hydrogen) atoms. The normalized spacial score (nSPS) is 23.7. The standard InChI is InChI=1S/C19H23N3O3/c1-12-17(10-18(23)24-2)25-21-19(12)13-7-8-14-11-20-22(16(14)9-13)15-5-3-4-6-15/h7-9,11-12,15,17H,3-6,10H2,1-2H3. The van der Waals surface area contributed by atoms with Crippen molar-refractivity contribution in [2.45, 2.75) is 51.2 Å². The minimum atomic E-state index is -0.275. The van der Waals surface area contributed by atoms with Crippen LogP contribution in [-0.2, 0) is 14.4 Å². The van der Waals surface area contributed by atoms with Crippen molar-refractivity contribution in [3.05, 3.63) is 30.0 Å². The predicted molar refractivity (Wildman–Crippen MR) is 94.4 cm³/mol. The summed E-state index contributed by atoms with van der Waals surface area (Å²) in [5.41, 5.74) is 3.07. The van der Waals surface area contributed by atoms with Crippen LogP contribution in [0.3, 0.4) is 0 Å². The first kappa shape index (κ1) is 16.1. The second kappa shape index (κ2) is 6.50.